The molecule has 0 amide bonds. The van der Waals surface area contributed by atoms with Crippen LogP contribution in [-0.2, 0) is 4.74 Å². The average molecular weight is 276 g/mol. The van der Waals surface area contributed by atoms with Crippen molar-refractivity contribution < 1.29 is 25.2 Å². The second-order valence-corrected chi connectivity index (χ2v) is 5.53. The Morgan fingerprint density at radius 1 is 1.00 bits per heavy atom. The van der Waals surface area contributed by atoms with Gasteiger partial charge in [0.1, 0.15) is 18.3 Å². The van der Waals surface area contributed by atoms with Crippen LogP contribution >= 0.6 is 0 Å². The van der Waals surface area contributed by atoms with Crippen molar-refractivity contribution >= 4 is 0 Å². The molecule has 5 nitrogen and oxygen atoms in total. The van der Waals surface area contributed by atoms with E-state index in [1.807, 2.05) is 0 Å². The molecule has 1 aliphatic rings. The van der Waals surface area contributed by atoms with Crippen LogP contribution in [0.25, 0.3) is 0 Å². The van der Waals surface area contributed by atoms with E-state index >= 15 is 0 Å². The molecule has 0 aromatic rings. The predicted molar refractivity (Wildman–Crippen MR) is 71.5 cm³/mol. The van der Waals surface area contributed by atoms with Crippen molar-refractivity contribution in [2.45, 2.75) is 82.4 Å². The summed E-state index contributed by atoms with van der Waals surface area (Å²) in [7, 11) is 0. The van der Waals surface area contributed by atoms with E-state index in [9.17, 15) is 20.4 Å². The normalized spacial score (nSPS) is 35.5. The molecular formula is C14H28O5. The Hall–Kier alpha value is -0.200. The monoisotopic (exact) mass is 276 g/mol. The molecule has 1 fully saturated rings. The quantitative estimate of drug-likeness (QED) is 0.495. The average Bonchev–Trinajstić information content (AvgIpc) is 2.40. The number of aliphatic hydroxyl groups excluding tert-OH is 3. The number of ether oxygens (including phenoxy) is 1. The summed E-state index contributed by atoms with van der Waals surface area (Å²) in [6.45, 7) is 2.03. The van der Waals surface area contributed by atoms with Crippen LogP contribution in [0.15, 0.2) is 0 Å². The van der Waals surface area contributed by atoms with Gasteiger partial charge in [0.2, 0.25) is 0 Å². The Labute approximate surface area is 115 Å². The highest BCUT2D eigenvalue weighted by atomic mass is 16.6. The van der Waals surface area contributed by atoms with Gasteiger partial charge in [0.15, 0.2) is 5.79 Å². The minimum atomic E-state index is -1.72. The van der Waals surface area contributed by atoms with E-state index < -0.39 is 24.1 Å². The first-order chi connectivity index (χ1) is 9.01. The Balaban J connectivity index is 2.20. The highest BCUT2D eigenvalue weighted by Gasteiger charge is 2.47. The molecule has 1 heterocycles. The van der Waals surface area contributed by atoms with Crippen molar-refractivity contribution in [3.63, 3.8) is 0 Å². The summed E-state index contributed by atoms with van der Waals surface area (Å²) in [5, 5.41) is 38.7. The lowest BCUT2D eigenvalue weighted by molar-refractivity contribution is -0.323. The van der Waals surface area contributed by atoms with Gasteiger partial charge in [-0.05, 0) is 6.42 Å². The van der Waals surface area contributed by atoms with Gasteiger partial charge >= 0.3 is 0 Å². The molecule has 4 atom stereocenters. The van der Waals surface area contributed by atoms with Crippen LogP contribution in [0.4, 0.5) is 0 Å². The van der Waals surface area contributed by atoms with Gasteiger partial charge in [-0.15, -0.1) is 0 Å². The third-order valence-corrected chi connectivity index (χ3v) is 3.82. The lowest BCUT2D eigenvalue weighted by atomic mass is 9.92. The van der Waals surface area contributed by atoms with E-state index in [1.54, 1.807) is 0 Å². The van der Waals surface area contributed by atoms with Crippen LogP contribution in [0.5, 0.6) is 0 Å². The molecule has 0 radical (unpaired) electrons. The number of hydrogen-bond acceptors (Lipinski definition) is 5. The fourth-order valence-corrected chi connectivity index (χ4v) is 2.45. The van der Waals surface area contributed by atoms with Crippen LogP contribution in [0.2, 0.25) is 0 Å². The number of unbranched alkanes of at least 4 members (excludes halogenated alkanes) is 6. The molecule has 5 heteroatoms. The summed E-state index contributed by atoms with van der Waals surface area (Å²) in [6, 6.07) is 0. The number of rotatable bonds is 8. The van der Waals surface area contributed by atoms with E-state index in [0.717, 1.165) is 19.3 Å². The van der Waals surface area contributed by atoms with Gasteiger partial charge in [0, 0.05) is 6.42 Å². The maximum Gasteiger partial charge on any atom is 0.194 e. The van der Waals surface area contributed by atoms with Gasteiger partial charge in [-0.25, -0.2) is 0 Å². The summed E-state index contributed by atoms with van der Waals surface area (Å²) in [5.74, 6) is -1.72. The van der Waals surface area contributed by atoms with Crippen LogP contribution in [0.3, 0.4) is 0 Å². The molecule has 4 N–H and O–H groups in total. The van der Waals surface area contributed by atoms with Crippen molar-refractivity contribution in [3.05, 3.63) is 0 Å². The van der Waals surface area contributed by atoms with E-state index in [1.165, 1.54) is 25.7 Å². The van der Waals surface area contributed by atoms with Crippen LogP contribution in [0, 0.1) is 0 Å². The van der Waals surface area contributed by atoms with Crippen LogP contribution in [-0.4, -0.2) is 51.1 Å². The van der Waals surface area contributed by atoms with Gasteiger partial charge < -0.3 is 25.2 Å². The Kier molecular flexibility index (Phi) is 7.25. The molecule has 1 unspecified atom stereocenters. The maximum absolute atomic E-state index is 10.1. The molecule has 0 spiro atoms. The Bertz CT molecular complexity index is 248. The Morgan fingerprint density at radius 2 is 1.58 bits per heavy atom. The van der Waals surface area contributed by atoms with Crippen molar-refractivity contribution in [3.8, 4) is 0 Å². The second kappa shape index (κ2) is 8.17. The summed E-state index contributed by atoms with van der Waals surface area (Å²) < 4.78 is 5.10. The molecular weight excluding hydrogens is 248 g/mol. The molecule has 19 heavy (non-hydrogen) atoms. The van der Waals surface area contributed by atoms with Gasteiger partial charge in [-0.3, -0.25) is 0 Å². The molecule has 0 saturated carbocycles. The van der Waals surface area contributed by atoms with Crippen molar-refractivity contribution in [1.82, 2.24) is 0 Å². The SMILES string of the molecule is CCCCCCCCCC1(O)OC[C@@H](O)[C@H](O)[C@H]1O. The molecule has 114 valence electrons. The highest BCUT2D eigenvalue weighted by molar-refractivity contribution is 4.91. The zero-order valence-electron chi connectivity index (χ0n) is 11.8. The lowest BCUT2D eigenvalue weighted by Gasteiger charge is -2.41. The first kappa shape index (κ1) is 16.9. The topological polar surface area (TPSA) is 90.2 Å². The number of aliphatic hydroxyl groups is 4. The summed E-state index contributed by atoms with van der Waals surface area (Å²) in [5.41, 5.74) is 0. The summed E-state index contributed by atoms with van der Waals surface area (Å²) >= 11 is 0. The number of hydrogen-bond donors (Lipinski definition) is 4. The molecule has 0 bridgehead atoms. The minimum Gasteiger partial charge on any atom is -0.388 e. The zero-order chi connectivity index (χ0) is 14.3. The second-order valence-electron chi connectivity index (χ2n) is 5.53. The smallest absolute Gasteiger partial charge is 0.194 e. The molecule has 0 aliphatic carbocycles. The van der Waals surface area contributed by atoms with E-state index in [2.05, 4.69) is 6.92 Å². The van der Waals surface area contributed by atoms with Gasteiger partial charge in [-0.1, -0.05) is 45.4 Å². The van der Waals surface area contributed by atoms with Gasteiger partial charge in [0.25, 0.3) is 0 Å². The first-order valence-electron chi connectivity index (χ1n) is 7.42. The fraction of sp³-hybridized carbons (Fsp3) is 1.00. The highest BCUT2D eigenvalue weighted by Crippen LogP contribution is 2.29. The lowest BCUT2D eigenvalue weighted by Crippen LogP contribution is -2.60. The van der Waals surface area contributed by atoms with E-state index in [4.69, 9.17) is 4.74 Å². The van der Waals surface area contributed by atoms with Crippen LogP contribution in [0.1, 0.15) is 58.3 Å². The third-order valence-electron chi connectivity index (χ3n) is 3.82. The van der Waals surface area contributed by atoms with Crippen LogP contribution < -0.4 is 0 Å². The van der Waals surface area contributed by atoms with Gasteiger partial charge in [-0.2, -0.15) is 0 Å². The first-order valence-corrected chi connectivity index (χ1v) is 7.42. The fourth-order valence-electron chi connectivity index (χ4n) is 2.45. The van der Waals surface area contributed by atoms with Crippen molar-refractivity contribution in [2.75, 3.05) is 6.61 Å². The molecule has 0 aromatic heterocycles. The molecule has 1 rings (SSSR count). The predicted octanol–water partition coefficient (Wildman–Crippen LogP) is 0.929. The van der Waals surface area contributed by atoms with Gasteiger partial charge in [0.05, 0.1) is 6.61 Å². The molecule has 1 aliphatic heterocycles. The zero-order valence-corrected chi connectivity index (χ0v) is 11.8. The Morgan fingerprint density at radius 3 is 2.21 bits per heavy atom. The summed E-state index contributed by atoms with van der Waals surface area (Å²) in [4.78, 5) is 0. The minimum absolute atomic E-state index is 0.148. The standard InChI is InChI=1S/C14H28O5/c1-2-3-4-5-6-7-8-9-14(18)13(17)12(16)11(15)10-19-14/h11-13,15-18H,2-10H2,1H3/t11-,12+,13-,14?/m1/s1. The third kappa shape index (κ3) is 5.00. The van der Waals surface area contributed by atoms with E-state index in [0.29, 0.717) is 0 Å². The van der Waals surface area contributed by atoms with Crippen molar-refractivity contribution in [2.24, 2.45) is 0 Å². The maximum atomic E-state index is 10.1. The molecule has 0 aromatic carbocycles. The summed E-state index contributed by atoms with van der Waals surface area (Å²) in [6.07, 6.45) is 4.09. The largest absolute Gasteiger partial charge is 0.388 e. The molecule has 1 saturated heterocycles. The van der Waals surface area contributed by atoms with Crippen molar-refractivity contribution in [1.29, 1.82) is 0 Å². The van der Waals surface area contributed by atoms with E-state index in [-0.39, 0.29) is 13.0 Å².